The van der Waals surface area contributed by atoms with Gasteiger partial charge in [0.05, 0.1) is 22.5 Å². The molecule has 1 saturated carbocycles. The maximum Gasteiger partial charge on any atom is 0.293 e. The molecule has 1 unspecified atom stereocenters. The highest BCUT2D eigenvalue weighted by Gasteiger charge is 2.62. The quantitative estimate of drug-likeness (QED) is 0.155. The minimum Gasteiger partial charge on any atom is -0.369 e. The van der Waals surface area contributed by atoms with Gasteiger partial charge < -0.3 is 19.7 Å². The standard InChI is InChI=1S/C46H47FN10O5/c1-24-19-30(31(47)21-29(24)25(2)50-42(60)40-53-43(62-54-40)45(3,4)5)38-36-28-10-9-27(20-32(28)51-39(36)49-23-48-38)56-17-15-55(16-18-56)22-26-7-6-8-33-37(26)46(13-14-46)44(61)57(33)34-11-12-35(58)52-41(34)59/h6-10,19-21,23,25,34H,11-18,22H2,1-5H3,(H,50,60)(H,48,49,51)(H,52,58,59)/t25-,34?/m1/s1. The van der Waals surface area contributed by atoms with E-state index in [4.69, 9.17) is 4.52 Å². The molecule has 3 aromatic carbocycles. The highest BCUT2D eigenvalue weighted by atomic mass is 19.1. The van der Waals surface area contributed by atoms with Crippen LogP contribution in [0, 0.1) is 12.7 Å². The lowest BCUT2D eigenvalue weighted by atomic mass is 9.92. The van der Waals surface area contributed by atoms with Crippen molar-refractivity contribution in [1.29, 1.82) is 0 Å². The van der Waals surface area contributed by atoms with E-state index in [1.165, 1.54) is 12.4 Å². The number of halogens is 1. The number of fused-ring (bicyclic) bond motifs is 5. The molecule has 0 bridgehead atoms. The zero-order chi connectivity index (χ0) is 43.2. The molecule has 3 fully saturated rings. The Hall–Kier alpha value is -6.55. The van der Waals surface area contributed by atoms with Gasteiger partial charge in [0, 0.05) is 72.4 Å². The summed E-state index contributed by atoms with van der Waals surface area (Å²) in [5.74, 6) is -1.44. The molecule has 2 saturated heterocycles. The maximum atomic E-state index is 16.1. The summed E-state index contributed by atoms with van der Waals surface area (Å²) in [5.41, 5.74) is 6.68. The zero-order valence-electron chi connectivity index (χ0n) is 35.3. The van der Waals surface area contributed by atoms with Crippen LogP contribution in [0.4, 0.5) is 15.8 Å². The maximum absolute atomic E-state index is 16.1. The van der Waals surface area contributed by atoms with E-state index in [-0.39, 0.29) is 24.1 Å². The molecule has 2 atom stereocenters. The number of imide groups is 1. The number of piperidine rings is 1. The van der Waals surface area contributed by atoms with E-state index in [0.717, 1.165) is 83.4 Å². The predicted molar refractivity (Wildman–Crippen MR) is 229 cm³/mol. The van der Waals surface area contributed by atoms with E-state index in [1.54, 1.807) is 17.9 Å². The number of amides is 4. The SMILES string of the molecule is Cc1cc(-c2ncnc3[nH]c4cc(N5CCN(Cc6cccc7c6C6(CC6)C(=O)N7C6CCC(=O)NC6=O)CC5)ccc4c23)c(F)cc1[C@@H](C)NC(=O)c1noc(C(C)(C)C)n1. The number of benzene rings is 3. The molecule has 15 nitrogen and oxygen atoms in total. The second kappa shape index (κ2) is 14.5. The van der Waals surface area contributed by atoms with Crippen LogP contribution in [0.3, 0.4) is 0 Å². The van der Waals surface area contributed by atoms with E-state index < -0.39 is 40.5 Å². The van der Waals surface area contributed by atoms with Crippen molar-refractivity contribution in [2.75, 3.05) is 36.0 Å². The summed E-state index contributed by atoms with van der Waals surface area (Å²) in [6.45, 7) is 13.3. The molecular weight excluding hydrogens is 792 g/mol. The Morgan fingerprint density at radius 2 is 1.84 bits per heavy atom. The number of aromatic nitrogens is 5. The topological polar surface area (TPSA) is 183 Å². The monoisotopic (exact) mass is 838 g/mol. The average molecular weight is 839 g/mol. The van der Waals surface area contributed by atoms with Gasteiger partial charge in [0.1, 0.15) is 23.8 Å². The second-order valence-corrected chi connectivity index (χ2v) is 18.2. The lowest BCUT2D eigenvalue weighted by Crippen LogP contribution is -2.54. The molecule has 1 aliphatic carbocycles. The fourth-order valence-electron chi connectivity index (χ4n) is 9.57. The van der Waals surface area contributed by atoms with Crippen molar-refractivity contribution in [1.82, 2.24) is 40.6 Å². The number of aryl methyl sites for hydroxylation is 1. The largest absolute Gasteiger partial charge is 0.369 e. The highest BCUT2D eigenvalue weighted by Crippen LogP contribution is 2.59. The summed E-state index contributed by atoms with van der Waals surface area (Å²) in [7, 11) is 0. The van der Waals surface area contributed by atoms with Crippen LogP contribution in [-0.2, 0) is 31.8 Å². The van der Waals surface area contributed by atoms with E-state index >= 15 is 4.39 Å². The number of H-pyrrole nitrogens is 1. The van der Waals surface area contributed by atoms with Crippen LogP contribution in [0.2, 0.25) is 0 Å². The van der Waals surface area contributed by atoms with Gasteiger partial charge in [-0.2, -0.15) is 4.98 Å². The van der Waals surface area contributed by atoms with E-state index in [9.17, 15) is 19.2 Å². The summed E-state index contributed by atoms with van der Waals surface area (Å²) in [6.07, 6.45) is 3.51. The normalized spacial score (nSPS) is 19.4. The molecule has 1 spiro atoms. The molecule has 0 radical (unpaired) electrons. The van der Waals surface area contributed by atoms with Gasteiger partial charge in [-0.15, -0.1) is 0 Å². The van der Waals surface area contributed by atoms with Crippen molar-refractivity contribution in [3.63, 3.8) is 0 Å². The third-order valence-corrected chi connectivity index (χ3v) is 13.0. The van der Waals surface area contributed by atoms with E-state index in [1.807, 2.05) is 45.9 Å². The van der Waals surface area contributed by atoms with Crippen LogP contribution >= 0.6 is 0 Å². The van der Waals surface area contributed by atoms with Gasteiger partial charge >= 0.3 is 0 Å². The molecule has 10 rings (SSSR count). The summed E-state index contributed by atoms with van der Waals surface area (Å²) in [4.78, 5) is 74.9. The number of carbonyl (C=O) groups excluding carboxylic acids is 4. The van der Waals surface area contributed by atoms with Gasteiger partial charge in [0.25, 0.3) is 11.7 Å². The van der Waals surface area contributed by atoms with Crippen LogP contribution in [0.25, 0.3) is 33.2 Å². The molecule has 4 aliphatic rings. The van der Waals surface area contributed by atoms with Crippen LogP contribution in [0.15, 0.2) is 59.4 Å². The van der Waals surface area contributed by atoms with E-state index in [2.05, 4.69) is 63.7 Å². The summed E-state index contributed by atoms with van der Waals surface area (Å²) >= 11 is 0. The lowest BCUT2D eigenvalue weighted by molar-refractivity contribution is -0.135. The minimum absolute atomic E-state index is 0.0204. The summed E-state index contributed by atoms with van der Waals surface area (Å²) in [6, 6.07) is 14.2. The highest BCUT2D eigenvalue weighted by molar-refractivity contribution is 6.16. The molecular formula is C46H47FN10O5. The van der Waals surface area contributed by atoms with E-state index in [0.29, 0.717) is 41.3 Å². The first-order valence-electron chi connectivity index (χ1n) is 21.2. The van der Waals surface area contributed by atoms with Gasteiger partial charge in [-0.05, 0) is 85.7 Å². The molecule has 4 amide bonds. The smallest absolute Gasteiger partial charge is 0.293 e. The molecule has 6 heterocycles. The fraction of sp³-hybridized carbons (Fsp3) is 0.391. The predicted octanol–water partition coefficient (Wildman–Crippen LogP) is 5.90. The van der Waals surface area contributed by atoms with Crippen molar-refractivity contribution in [3.8, 4) is 11.3 Å². The van der Waals surface area contributed by atoms with Crippen LogP contribution in [-0.4, -0.2) is 85.8 Å². The number of hydrogen-bond acceptors (Lipinski definition) is 11. The molecule has 318 valence electrons. The van der Waals surface area contributed by atoms with Gasteiger partial charge in [-0.1, -0.05) is 44.1 Å². The molecule has 6 aromatic rings. The van der Waals surface area contributed by atoms with Crippen molar-refractivity contribution >= 4 is 56.9 Å². The van der Waals surface area contributed by atoms with Gasteiger partial charge in [-0.3, -0.25) is 34.3 Å². The number of anilines is 2. The van der Waals surface area contributed by atoms with Crippen molar-refractivity contribution in [2.24, 2.45) is 0 Å². The Morgan fingerprint density at radius 3 is 2.56 bits per heavy atom. The summed E-state index contributed by atoms with van der Waals surface area (Å²) in [5, 5.41) is 10.7. The number of nitrogens with zero attached hydrogens (tertiary/aromatic N) is 7. The molecule has 62 heavy (non-hydrogen) atoms. The summed E-state index contributed by atoms with van der Waals surface area (Å²) < 4.78 is 21.4. The second-order valence-electron chi connectivity index (χ2n) is 18.2. The number of aromatic amines is 1. The lowest BCUT2D eigenvalue weighted by Gasteiger charge is -2.36. The Labute approximate surface area is 356 Å². The van der Waals surface area contributed by atoms with Crippen molar-refractivity contribution in [2.45, 2.75) is 89.8 Å². The molecule has 3 aromatic heterocycles. The first kappa shape index (κ1) is 39.6. The van der Waals surface area contributed by atoms with Gasteiger partial charge in [-0.25, -0.2) is 14.4 Å². The van der Waals surface area contributed by atoms with Crippen LogP contribution in [0.5, 0.6) is 0 Å². The Morgan fingerprint density at radius 1 is 1.05 bits per heavy atom. The number of rotatable bonds is 8. The van der Waals surface area contributed by atoms with Gasteiger partial charge in [0.2, 0.25) is 23.6 Å². The van der Waals surface area contributed by atoms with Gasteiger partial charge in [0.15, 0.2) is 0 Å². The molecule has 16 heteroatoms. The van der Waals surface area contributed by atoms with Crippen LogP contribution < -0.4 is 20.4 Å². The Bertz CT molecular complexity index is 2850. The van der Waals surface area contributed by atoms with Crippen molar-refractivity contribution < 1.29 is 28.1 Å². The third kappa shape index (κ3) is 6.58. The number of nitrogens with one attached hydrogen (secondary N) is 3. The Kier molecular flexibility index (Phi) is 9.28. The fourth-order valence-corrected chi connectivity index (χ4v) is 9.57. The molecule has 3 N–H and O–H groups in total. The average Bonchev–Trinajstić information content (AvgIpc) is 3.58. The zero-order valence-corrected chi connectivity index (χ0v) is 35.3. The third-order valence-electron chi connectivity index (χ3n) is 13.0. The Balaban J connectivity index is 0.846. The van der Waals surface area contributed by atoms with Crippen molar-refractivity contribution in [3.05, 3.63) is 94.6 Å². The molecule has 3 aliphatic heterocycles. The number of carbonyl (C=O) groups is 4. The number of hydrogen-bond donors (Lipinski definition) is 3. The first-order valence-corrected chi connectivity index (χ1v) is 21.2. The first-order chi connectivity index (χ1) is 29.7. The minimum atomic E-state index is -0.674. The van der Waals surface area contributed by atoms with Crippen LogP contribution in [0.1, 0.15) is 98.2 Å². The number of piperazine rings is 1.